The van der Waals surface area contributed by atoms with Crippen molar-refractivity contribution in [2.75, 3.05) is 0 Å². The molecule has 3 nitrogen and oxygen atoms in total. The van der Waals surface area contributed by atoms with E-state index in [9.17, 15) is 0 Å². The maximum atomic E-state index is 3.63. The van der Waals surface area contributed by atoms with Gasteiger partial charge in [0.1, 0.15) is 0 Å². The van der Waals surface area contributed by atoms with E-state index in [-0.39, 0.29) is 0 Å². The van der Waals surface area contributed by atoms with Crippen molar-refractivity contribution >= 4 is 0 Å². The Morgan fingerprint density at radius 2 is 0.302 bits per heavy atom. The van der Waals surface area contributed by atoms with Crippen LogP contribution in [0.25, 0.3) is 0 Å². The maximum absolute atomic E-state index is 3.63. The summed E-state index contributed by atoms with van der Waals surface area (Å²) in [6, 6.07) is 8.00. The van der Waals surface area contributed by atoms with Crippen LogP contribution in [-0.4, -0.2) is 69.1 Å². The van der Waals surface area contributed by atoms with Gasteiger partial charge in [-0.25, -0.2) is 0 Å². The van der Waals surface area contributed by atoms with Crippen LogP contribution < -0.4 is 0 Å². The smallest absolute Gasteiger partial charge is 0.0132 e. The summed E-state index contributed by atoms with van der Waals surface area (Å²) in [4.78, 5) is 10.9. The van der Waals surface area contributed by atoms with E-state index in [0.29, 0.717) is 0 Å². The lowest BCUT2D eigenvalue weighted by Gasteiger charge is -2.59. The van der Waals surface area contributed by atoms with Crippen LogP contribution in [0.4, 0.5) is 0 Å². The molecule has 0 N–H and O–H groups in total. The lowest BCUT2D eigenvalue weighted by molar-refractivity contribution is -0.0919. The van der Waals surface area contributed by atoms with Crippen LogP contribution in [-0.2, 0) is 0 Å². The van der Waals surface area contributed by atoms with Crippen molar-refractivity contribution in [3.05, 3.63) is 0 Å². The summed E-state index contributed by atoms with van der Waals surface area (Å²) in [7, 11) is 0. The molecule has 0 radical (unpaired) electrons. The number of rotatable bonds is 3. The van der Waals surface area contributed by atoms with E-state index in [1.807, 2.05) is 0 Å². The molecule has 0 bridgehead atoms. The molecule has 3 heteroatoms. The van der Waals surface area contributed by atoms with Crippen molar-refractivity contribution in [3.8, 4) is 0 Å². The first-order valence-corrected chi connectivity index (χ1v) is 30.6. The van der Waals surface area contributed by atoms with Crippen LogP contribution >= 0.6 is 0 Å². The fourth-order valence-corrected chi connectivity index (χ4v) is 23.1. The minimum absolute atomic E-state index is 0.842. The monoisotopic (exact) mass is 862 g/mol. The zero-order chi connectivity index (χ0) is 41.4. The highest BCUT2D eigenvalue weighted by Gasteiger charge is 2.59. The summed E-state index contributed by atoms with van der Waals surface area (Å²) in [6.45, 7) is 0. The SMILES string of the molecule is C1CCC2C(C1)C1CCCCC1N(C1CC(N3C4CCCCC4C4CCCCC4C4CCCCC43)CC(N3C4CCCCC4C4CCCCC4C4CCCCC43)C1)C1CCCCC21. The Kier molecular flexibility index (Phi) is 12.7. The van der Waals surface area contributed by atoms with E-state index in [1.54, 1.807) is 212 Å². The van der Waals surface area contributed by atoms with Gasteiger partial charge in [0, 0.05) is 54.4 Å². The molecule has 354 valence electrons. The molecule has 0 amide bonds. The second kappa shape index (κ2) is 18.7. The van der Waals surface area contributed by atoms with Gasteiger partial charge in [0.05, 0.1) is 0 Å². The molecular formula is C60H99N3. The quantitative estimate of drug-likeness (QED) is 0.280. The lowest BCUT2D eigenvalue weighted by Crippen LogP contribution is -2.65. The van der Waals surface area contributed by atoms with Crippen molar-refractivity contribution in [2.24, 2.45) is 71.0 Å². The van der Waals surface area contributed by atoms with Gasteiger partial charge in [0.15, 0.2) is 0 Å². The van der Waals surface area contributed by atoms with E-state index < -0.39 is 0 Å². The second-order valence-corrected chi connectivity index (χ2v) is 26.9. The Bertz CT molecular complexity index is 1250. The topological polar surface area (TPSA) is 9.72 Å². The molecule has 18 atom stereocenters. The van der Waals surface area contributed by atoms with E-state index in [4.69, 9.17) is 0 Å². The summed E-state index contributed by atoms with van der Waals surface area (Å²) in [5.41, 5.74) is 0. The molecule has 3 saturated heterocycles. The average Bonchev–Trinajstić information content (AvgIpc) is 3.63. The minimum Gasteiger partial charge on any atom is -0.294 e. The number of nitrogens with zero attached hydrogens (tertiary/aromatic N) is 3. The normalized spacial score (nSPS) is 53.4. The molecule has 13 aliphatic rings. The third kappa shape index (κ3) is 7.60. The Hall–Kier alpha value is -0.120. The number of likely N-dealkylation sites (tertiary alicyclic amines) is 3. The summed E-state index contributed by atoms with van der Waals surface area (Å²) in [5, 5.41) is 0. The number of hydrogen-bond donors (Lipinski definition) is 0. The maximum Gasteiger partial charge on any atom is 0.0132 e. The average molecular weight is 862 g/mol. The van der Waals surface area contributed by atoms with E-state index in [2.05, 4.69) is 14.7 Å². The molecule has 3 aliphatic heterocycles. The molecular weight excluding hydrogens is 763 g/mol. The molecule has 0 spiro atoms. The first-order chi connectivity index (χ1) is 31.3. The largest absolute Gasteiger partial charge is 0.294 e. The van der Waals surface area contributed by atoms with Crippen molar-refractivity contribution in [3.63, 3.8) is 0 Å². The molecule has 10 saturated carbocycles. The summed E-state index contributed by atoms with van der Waals surface area (Å²) in [6.07, 6.45) is 61.1. The molecule has 0 aromatic heterocycles. The van der Waals surface area contributed by atoms with Crippen molar-refractivity contribution < 1.29 is 0 Å². The van der Waals surface area contributed by atoms with Gasteiger partial charge in [0.25, 0.3) is 0 Å². The third-order valence-electron chi connectivity index (χ3n) is 24.8. The molecule has 13 rings (SSSR count). The predicted molar refractivity (Wildman–Crippen MR) is 262 cm³/mol. The summed E-state index contributed by atoms with van der Waals surface area (Å²) < 4.78 is 0. The van der Waals surface area contributed by atoms with Crippen LogP contribution in [0.5, 0.6) is 0 Å². The van der Waals surface area contributed by atoms with Crippen LogP contribution in [0.2, 0.25) is 0 Å². The zero-order valence-electron chi connectivity index (χ0n) is 41.0. The Balaban J connectivity index is 0.944. The number of fused-ring (bicyclic) bond motifs is 15. The van der Waals surface area contributed by atoms with Gasteiger partial charge in [-0.15, -0.1) is 0 Å². The van der Waals surface area contributed by atoms with Gasteiger partial charge in [-0.1, -0.05) is 116 Å². The second-order valence-electron chi connectivity index (χ2n) is 26.9. The van der Waals surface area contributed by atoms with E-state index >= 15 is 0 Å². The van der Waals surface area contributed by atoms with Crippen molar-refractivity contribution in [2.45, 2.75) is 305 Å². The van der Waals surface area contributed by atoms with Gasteiger partial charge >= 0.3 is 0 Å². The molecule has 63 heavy (non-hydrogen) atoms. The predicted octanol–water partition coefficient (Wildman–Crippen LogP) is 15.0. The lowest BCUT2D eigenvalue weighted by atomic mass is 9.62. The molecule has 3 heterocycles. The molecule has 10 aliphatic carbocycles. The molecule has 18 unspecified atom stereocenters. The number of hydrogen-bond acceptors (Lipinski definition) is 3. The molecule has 13 fully saturated rings. The molecule has 0 aromatic rings. The van der Waals surface area contributed by atoms with E-state index in [0.717, 1.165) is 125 Å². The van der Waals surface area contributed by atoms with Crippen LogP contribution in [0.15, 0.2) is 0 Å². The first kappa shape index (κ1) is 42.9. The zero-order valence-corrected chi connectivity index (χ0v) is 41.0. The molecule has 0 aromatic carbocycles. The standard InChI is InChI=1S/C60H99N3/c1-2-20-44-43(19-1)49-25-7-13-31-55(49)61(56-32-14-8-26-50(44)56)40-37-41(62-57-33-15-9-27-51(57)45-21-3-4-22-46(45)52-28-10-16-34-58(52)62)39-42(38-40)63-59-35-17-11-29-53(59)47-23-5-6-24-48(47)54-30-12-18-36-60(54)63/h40-60H,1-39H2. The van der Waals surface area contributed by atoms with Gasteiger partial charge in [-0.05, 0) is 206 Å². The van der Waals surface area contributed by atoms with Crippen LogP contribution in [0, 0.1) is 71.0 Å². The highest BCUT2D eigenvalue weighted by Crippen LogP contribution is 2.60. The summed E-state index contributed by atoms with van der Waals surface area (Å²) >= 11 is 0. The Morgan fingerprint density at radius 3 is 0.476 bits per heavy atom. The minimum atomic E-state index is 0.842. The highest BCUT2D eigenvalue weighted by atomic mass is 15.3. The van der Waals surface area contributed by atoms with Crippen LogP contribution in [0.3, 0.4) is 0 Å². The van der Waals surface area contributed by atoms with Gasteiger partial charge in [0.2, 0.25) is 0 Å². The van der Waals surface area contributed by atoms with Gasteiger partial charge in [-0.2, -0.15) is 0 Å². The van der Waals surface area contributed by atoms with E-state index in [1.165, 1.54) is 38.5 Å². The third-order valence-corrected chi connectivity index (χ3v) is 24.8. The van der Waals surface area contributed by atoms with Crippen molar-refractivity contribution in [1.29, 1.82) is 0 Å². The summed E-state index contributed by atoms with van der Waals surface area (Å²) in [5.74, 6) is 12.5. The fraction of sp³-hybridized carbons (Fsp3) is 1.00. The highest BCUT2D eigenvalue weighted by molar-refractivity contribution is 5.12. The van der Waals surface area contributed by atoms with Crippen molar-refractivity contribution in [1.82, 2.24) is 14.7 Å². The fourth-order valence-electron chi connectivity index (χ4n) is 23.1. The Labute approximate surface area is 388 Å². The van der Waals surface area contributed by atoms with Gasteiger partial charge in [-0.3, -0.25) is 14.7 Å². The first-order valence-electron chi connectivity index (χ1n) is 30.6. The van der Waals surface area contributed by atoms with Crippen LogP contribution in [0.1, 0.15) is 250 Å². The Morgan fingerprint density at radius 1 is 0.159 bits per heavy atom. The van der Waals surface area contributed by atoms with Gasteiger partial charge < -0.3 is 0 Å².